The van der Waals surface area contributed by atoms with Gasteiger partial charge in [0.05, 0.1) is 17.5 Å². The fourth-order valence-electron chi connectivity index (χ4n) is 4.88. The number of carbonyl (C=O) groups excluding carboxylic acids is 1. The zero-order valence-electron chi connectivity index (χ0n) is 20.4. The van der Waals surface area contributed by atoms with Gasteiger partial charge in [-0.05, 0) is 44.0 Å². The maximum absolute atomic E-state index is 15.5. The Labute approximate surface area is 215 Å². The summed E-state index contributed by atoms with van der Waals surface area (Å²) < 4.78 is 36.0. The van der Waals surface area contributed by atoms with E-state index in [1.54, 1.807) is 11.6 Å². The van der Waals surface area contributed by atoms with Gasteiger partial charge in [0.1, 0.15) is 35.2 Å². The zero-order chi connectivity index (χ0) is 26.4. The van der Waals surface area contributed by atoms with Gasteiger partial charge in [-0.2, -0.15) is 5.10 Å². The van der Waals surface area contributed by atoms with E-state index in [0.717, 1.165) is 31.5 Å². The van der Waals surface area contributed by atoms with Gasteiger partial charge in [0, 0.05) is 29.8 Å². The number of carbonyl (C=O) groups is 1. The summed E-state index contributed by atoms with van der Waals surface area (Å²) in [6, 6.07) is 12.4. The molecule has 191 valence electrons. The second-order valence-electron chi connectivity index (χ2n) is 9.21. The molecule has 5 aromatic rings. The molecule has 2 N–H and O–H groups in total. The fourth-order valence-corrected chi connectivity index (χ4v) is 4.88. The van der Waals surface area contributed by atoms with E-state index in [9.17, 15) is 9.18 Å². The summed E-state index contributed by atoms with van der Waals surface area (Å²) >= 11 is 0. The average molecular weight is 515 g/mol. The van der Waals surface area contributed by atoms with E-state index in [0.29, 0.717) is 29.2 Å². The number of rotatable bonds is 5. The number of hydrogen-bond acceptors (Lipinski definition) is 8. The standard InChI is InChI=1S/C27H22F2N7O2/c1-15-10-22(34-38-15)35-9-3-6-19(13-35)36-27-23(26(30)31-14-32-27)24(33-36)20-8-7-17(12-21(20)29)25(37)16-4-2-5-18(28)11-16/h2,4-5,7-8,11-12,14,19H,3,6,9,13H2,1H3,(H2,30,31,32). The molecule has 38 heavy (non-hydrogen) atoms. The molecule has 1 radical (unpaired) electrons. The number of aromatic nitrogens is 5. The number of ketones is 1. The topological polar surface area (TPSA) is 116 Å². The highest BCUT2D eigenvalue weighted by atomic mass is 19.1. The number of benzene rings is 2. The molecule has 1 aliphatic rings. The van der Waals surface area contributed by atoms with Crippen molar-refractivity contribution in [1.82, 2.24) is 24.9 Å². The van der Waals surface area contributed by atoms with Gasteiger partial charge in [-0.3, -0.25) is 4.79 Å². The van der Waals surface area contributed by atoms with Crippen molar-refractivity contribution in [2.24, 2.45) is 0 Å². The molecule has 1 aliphatic heterocycles. The molecule has 0 amide bonds. The van der Waals surface area contributed by atoms with Crippen LogP contribution in [0.3, 0.4) is 0 Å². The molecular formula is C27H22F2N7O2. The van der Waals surface area contributed by atoms with Crippen molar-refractivity contribution in [3.63, 3.8) is 0 Å². The number of halogens is 2. The Bertz CT molecular complexity index is 1680. The molecule has 6 rings (SSSR count). The van der Waals surface area contributed by atoms with Crippen molar-refractivity contribution in [3.8, 4) is 11.3 Å². The van der Waals surface area contributed by atoms with Crippen LogP contribution in [0, 0.1) is 24.6 Å². The van der Waals surface area contributed by atoms with E-state index in [1.807, 2.05) is 0 Å². The molecule has 3 aromatic heterocycles. The molecule has 9 nitrogen and oxygen atoms in total. The van der Waals surface area contributed by atoms with Gasteiger partial charge in [0.15, 0.2) is 17.2 Å². The number of piperidine rings is 1. The largest absolute Gasteiger partial charge is 0.383 e. The molecule has 2 aromatic carbocycles. The zero-order valence-corrected chi connectivity index (χ0v) is 20.4. The lowest BCUT2D eigenvalue weighted by Crippen LogP contribution is -2.37. The summed E-state index contributed by atoms with van der Waals surface area (Å²) in [6.45, 7) is 3.15. The Morgan fingerprint density at radius 2 is 2.00 bits per heavy atom. The minimum atomic E-state index is -0.667. The minimum absolute atomic E-state index is 0.0897. The van der Waals surface area contributed by atoms with Crippen LogP contribution in [0.5, 0.6) is 0 Å². The van der Waals surface area contributed by atoms with Crippen LogP contribution in [-0.4, -0.2) is 43.8 Å². The lowest BCUT2D eigenvalue weighted by atomic mass is 10.00. The van der Waals surface area contributed by atoms with Gasteiger partial charge in [-0.1, -0.05) is 23.4 Å². The first kappa shape index (κ1) is 23.7. The Hall–Kier alpha value is -4.67. The van der Waals surface area contributed by atoms with Crippen LogP contribution in [-0.2, 0) is 0 Å². The van der Waals surface area contributed by atoms with E-state index in [1.165, 1.54) is 36.7 Å². The van der Waals surface area contributed by atoms with Crippen LogP contribution < -0.4 is 10.6 Å². The Morgan fingerprint density at radius 1 is 1.16 bits per heavy atom. The fraction of sp³-hybridized carbons (Fsp3) is 0.222. The minimum Gasteiger partial charge on any atom is -0.383 e. The van der Waals surface area contributed by atoms with Crippen molar-refractivity contribution in [2.75, 3.05) is 23.7 Å². The first-order chi connectivity index (χ1) is 18.4. The highest BCUT2D eigenvalue weighted by Crippen LogP contribution is 2.35. The van der Waals surface area contributed by atoms with Crippen molar-refractivity contribution in [2.45, 2.75) is 25.8 Å². The van der Waals surface area contributed by atoms with E-state index < -0.39 is 17.4 Å². The highest BCUT2D eigenvalue weighted by Gasteiger charge is 2.29. The molecule has 0 bridgehead atoms. The van der Waals surface area contributed by atoms with Crippen LogP contribution in [0.2, 0.25) is 0 Å². The van der Waals surface area contributed by atoms with Crippen molar-refractivity contribution in [3.05, 3.63) is 83.4 Å². The predicted octanol–water partition coefficient (Wildman–Crippen LogP) is 4.52. The van der Waals surface area contributed by atoms with Crippen molar-refractivity contribution in [1.29, 1.82) is 0 Å². The van der Waals surface area contributed by atoms with Gasteiger partial charge in [0.25, 0.3) is 0 Å². The van der Waals surface area contributed by atoms with Crippen molar-refractivity contribution >= 4 is 28.5 Å². The van der Waals surface area contributed by atoms with Crippen LogP contribution in [0.25, 0.3) is 22.3 Å². The normalized spacial score (nSPS) is 15.8. The maximum Gasteiger partial charge on any atom is 0.193 e. The molecule has 11 heteroatoms. The number of anilines is 2. The van der Waals surface area contributed by atoms with Crippen molar-refractivity contribution < 1.29 is 18.1 Å². The molecule has 1 atom stereocenters. The van der Waals surface area contributed by atoms with Gasteiger partial charge in [-0.25, -0.2) is 23.4 Å². The molecule has 0 spiro atoms. The lowest BCUT2D eigenvalue weighted by Gasteiger charge is -2.32. The number of nitrogens with two attached hydrogens (primary N) is 1. The molecule has 1 fully saturated rings. The summed E-state index contributed by atoms with van der Waals surface area (Å²) in [4.78, 5) is 23.4. The summed E-state index contributed by atoms with van der Waals surface area (Å²) in [6.07, 6.45) is 3.04. The second kappa shape index (κ2) is 9.33. The number of hydrogen-bond donors (Lipinski definition) is 1. The van der Waals surface area contributed by atoms with Crippen LogP contribution in [0.4, 0.5) is 20.4 Å². The van der Waals surface area contributed by atoms with Crippen LogP contribution >= 0.6 is 0 Å². The molecule has 0 saturated carbocycles. The van der Waals surface area contributed by atoms with E-state index >= 15 is 4.39 Å². The van der Waals surface area contributed by atoms with Gasteiger partial charge < -0.3 is 15.2 Å². The third-order valence-corrected chi connectivity index (χ3v) is 6.69. The molecule has 4 heterocycles. The Balaban J connectivity index is 1.39. The van der Waals surface area contributed by atoms with E-state index in [-0.39, 0.29) is 34.2 Å². The number of aryl methyl sites for hydroxylation is 1. The number of fused-ring (bicyclic) bond motifs is 1. The quantitative estimate of drug-likeness (QED) is 0.340. The predicted molar refractivity (Wildman–Crippen MR) is 136 cm³/mol. The van der Waals surface area contributed by atoms with Gasteiger partial charge >= 0.3 is 0 Å². The Kier molecular flexibility index (Phi) is 5.82. The lowest BCUT2D eigenvalue weighted by molar-refractivity contribution is 0.103. The van der Waals surface area contributed by atoms with E-state index in [2.05, 4.69) is 26.1 Å². The molecule has 1 unspecified atom stereocenters. The summed E-state index contributed by atoms with van der Waals surface area (Å²) in [7, 11) is 0. The third kappa shape index (κ3) is 4.15. The third-order valence-electron chi connectivity index (χ3n) is 6.69. The number of nitrogens with zero attached hydrogens (tertiary/aromatic N) is 6. The summed E-state index contributed by atoms with van der Waals surface area (Å²) in [5.74, 6) is -0.302. The second-order valence-corrected chi connectivity index (χ2v) is 9.21. The van der Waals surface area contributed by atoms with Gasteiger partial charge in [-0.15, -0.1) is 0 Å². The van der Waals surface area contributed by atoms with Crippen LogP contribution in [0.1, 0.15) is 40.6 Å². The molecule has 0 aliphatic carbocycles. The van der Waals surface area contributed by atoms with Gasteiger partial charge in [0.2, 0.25) is 0 Å². The van der Waals surface area contributed by atoms with E-state index in [4.69, 9.17) is 15.4 Å². The smallest absolute Gasteiger partial charge is 0.193 e. The SMILES string of the molecule is Cc1[c]c(N2CCCC(n3nc(-c4ccc(C(=O)c5cccc(F)c5)cc4F)c4c(N)ncnc43)C2)no1. The molecule has 1 saturated heterocycles. The van der Waals surface area contributed by atoms with Crippen LogP contribution in [0.15, 0.2) is 53.3 Å². The first-order valence-corrected chi connectivity index (χ1v) is 12.1. The highest BCUT2D eigenvalue weighted by molar-refractivity contribution is 6.09. The summed E-state index contributed by atoms with van der Waals surface area (Å²) in [5, 5.41) is 9.27. The summed E-state index contributed by atoms with van der Waals surface area (Å²) in [5.41, 5.74) is 7.36. The monoisotopic (exact) mass is 514 g/mol. The molecular weight excluding hydrogens is 492 g/mol. The maximum atomic E-state index is 15.5. The first-order valence-electron chi connectivity index (χ1n) is 12.1. The Morgan fingerprint density at radius 3 is 2.76 bits per heavy atom. The number of nitrogen functional groups attached to an aromatic ring is 1. The average Bonchev–Trinajstić information content (AvgIpc) is 3.53.